The number of ether oxygens (including phenoxy) is 2. The Hall–Kier alpha value is -2.94. The summed E-state index contributed by atoms with van der Waals surface area (Å²) in [7, 11) is -1.15. The van der Waals surface area contributed by atoms with E-state index in [-0.39, 0.29) is 34.0 Å². The van der Waals surface area contributed by atoms with Crippen LogP contribution < -0.4 is 19.0 Å². The third-order valence-electron chi connectivity index (χ3n) is 4.86. The van der Waals surface area contributed by atoms with Crippen molar-refractivity contribution in [2.24, 2.45) is 0 Å². The monoisotopic (exact) mass is 462 g/mol. The first-order valence-corrected chi connectivity index (χ1v) is 11.8. The Bertz CT molecular complexity index is 1060. The average molecular weight is 463 g/mol. The standard InChI is InChI=1S/C23H30N2O6S/c1-23(2,3)24-22(26)25(17-7-8-17)15-16-6-13-20(30-5)21(14-16)31-32(27,28)19-11-9-18(29-4)10-12-19/h6,9-14,17H,7-8,15H2,1-5H3,(H,24,26). The van der Waals surface area contributed by atoms with Crippen LogP contribution in [0.1, 0.15) is 39.2 Å². The third-order valence-corrected chi connectivity index (χ3v) is 6.11. The van der Waals surface area contributed by atoms with Crippen molar-refractivity contribution in [2.75, 3.05) is 14.2 Å². The quantitative estimate of drug-likeness (QED) is 0.597. The summed E-state index contributed by atoms with van der Waals surface area (Å²) >= 11 is 0. The maximum absolute atomic E-state index is 12.8. The van der Waals surface area contributed by atoms with Crippen molar-refractivity contribution in [3.05, 3.63) is 48.0 Å². The van der Waals surface area contributed by atoms with E-state index in [1.165, 1.54) is 26.4 Å². The number of carbonyl (C=O) groups excluding carboxylic acids is 1. The molecule has 0 spiro atoms. The Morgan fingerprint density at radius 2 is 1.69 bits per heavy atom. The third kappa shape index (κ3) is 6.06. The zero-order chi connectivity index (χ0) is 23.5. The molecule has 1 aliphatic rings. The van der Waals surface area contributed by atoms with E-state index in [1.807, 2.05) is 20.8 Å². The highest BCUT2D eigenvalue weighted by atomic mass is 32.2. The molecule has 1 N–H and O–H groups in total. The number of nitrogens with zero attached hydrogens (tertiary/aromatic N) is 1. The fourth-order valence-electron chi connectivity index (χ4n) is 3.14. The molecule has 0 saturated heterocycles. The SMILES string of the molecule is COc1ccc(S(=O)(=O)Oc2cc(CN(C(=O)NC(C)(C)C)C3CC3)ccc2OC)cc1. The van der Waals surface area contributed by atoms with Gasteiger partial charge in [0.1, 0.15) is 10.6 Å². The normalized spacial score (nSPS) is 13.9. The van der Waals surface area contributed by atoms with E-state index in [0.29, 0.717) is 12.3 Å². The van der Waals surface area contributed by atoms with Crippen molar-refractivity contribution in [3.8, 4) is 17.2 Å². The number of rotatable bonds is 8. The van der Waals surface area contributed by atoms with E-state index in [2.05, 4.69) is 5.32 Å². The molecule has 1 fully saturated rings. The minimum atomic E-state index is -4.09. The smallest absolute Gasteiger partial charge is 0.339 e. The molecule has 0 heterocycles. The molecule has 8 nitrogen and oxygen atoms in total. The Balaban J connectivity index is 1.83. The first kappa shape index (κ1) is 23.7. The minimum Gasteiger partial charge on any atom is -0.497 e. The first-order valence-electron chi connectivity index (χ1n) is 10.4. The number of amides is 2. The minimum absolute atomic E-state index is 0.00471. The second-order valence-corrected chi connectivity index (χ2v) is 10.3. The molecule has 32 heavy (non-hydrogen) atoms. The average Bonchev–Trinajstić information content (AvgIpc) is 3.56. The Kier molecular flexibility index (Phi) is 6.88. The van der Waals surface area contributed by atoms with Gasteiger partial charge in [-0.3, -0.25) is 0 Å². The van der Waals surface area contributed by atoms with Gasteiger partial charge in [-0.1, -0.05) is 6.07 Å². The molecule has 2 aromatic rings. The Labute approximate surface area is 189 Å². The lowest BCUT2D eigenvalue weighted by molar-refractivity contribution is 0.182. The molecule has 9 heteroatoms. The van der Waals surface area contributed by atoms with Crippen molar-refractivity contribution in [3.63, 3.8) is 0 Å². The molecular weight excluding hydrogens is 432 g/mol. The highest BCUT2D eigenvalue weighted by Gasteiger charge is 2.34. The zero-order valence-corrected chi connectivity index (χ0v) is 19.9. The Morgan fingerprint density at radius 1 is 1.03 bits per heavy atom. The van der Waals surface area contributed by atoms with Gasteiger partial charge in [-0.2, -0.15) is 8.42 Å². The van der Waals surface area contributed by atoms with E-state index in [9.17, 15) is 13.2 Å². The largest absolute Gasteiger partial charge is 0.497 e. The molecule has 174 valence electrons. The van der Waals surface area contributed by atoms with Crippen molar-refractivity contribution in [1.29, 1.82) is 0 Å². The van der Waals surface area contributed by atoms with Crippen molar-refractivity contribution in [2.45, 2.75) is 56.6 Å². The topological polar surface area (TPSA) is 94.2 Å². The lowest BCUT2D eigenvalue weighted by Gasteiger charge is -2.28. The molecule has 0 bridgehead atoms. The van der Waals surface area contributed by atoms with E-state index >= 15 is 0 Å². The van der Waals surface area contributed by atoms with Crippen LogP contribution in [-0.2, 0) is 16.7 Å². The van der Waals surface area contributed by atoms with Crippen LogP contribution in [0.2, 0.25) is 0 Å². The number of benzene rings is 2. The lowest BCUT2D eigenvalue weighted by atomic mass is 10.1. The van der Waals surface area contributed by atoms with Gasteiger partial charge in [-0.25, -0.2) is 4.79 Å². The van der Waals surface area contributed by atoms with Crippen LogP contribution in [0.15, 0.2) is 47.4 Å². The van der Waals surface area contributed by atoms with Gasteiger partial charge in [0.25, 0.3) is 0 Å². The molecule has 1 aliphatic carbocycles. The number of methoxy groups -OCH3 is 2. The van der Waals surface area contributed by atoms with Crippen LogP contribution in [0.25, 0.3) is 0 Å². The lowest BCUT2D eigenvalue weighted by Crippen LogP contribution is -2.49. The first-order chi connectivity index (χ1) is 15.0. The van der Waals surface area contributed by atoms with E-state index in [4.69, 9.17) is 13.7 Å². The predicted octanol–water partition coefficient (Wildman–Crippen LogP) is 3.94. The Morgan fingerprint density at radius 3 is 2.22 bits per heavy atom. The van der Waals surface area contributed by atoms with Gasteiger partial charge in [0.2, 0.25) is 0 Å². The van der Waals surface area contributed by atoms with Gasteiger partial charge in [0.05, 0.1) is 14.2 Å². The van der Waals surface area contributed by atoms with Crippen molar-refractivity contribution >= 4 is 16.1 Å². The highest BCUT2D eigenvalue weighted by Crippen LogP contribution is 2.34. The number of carbonyl (C=O) groups is 1. The molecule has 0 aliphatic heterocycles. The van der Waals surface area contributed by atoms with Crippen molar-refractivity contribution in [1.82, 2.24) is 10.2 Å². The molecule has 2 aromatic carbocycles. The summed E-state index contributed by atoms with van der Waals surface area (Å²) < 4.78 is 41.4. The maximum atomic E-state index is 12.8. The number of hydrogen-bond donors (Lipinski definition) is 1. The van der Waals surface area contributed by atoms with Gasteiger partial charge in [-0.15, -0.1) is 0 Å². The van der Waals surface area contributed by atoms with E-state index in [0.717, 1.165) is 18.4 Å². The van der Waals surface area contributed by atoms with Crippen LogP contribution >= 0.6 is 0 Å². The molecule has 0 radical (unpaired) electrons. The molecule has 1 saturated carbocycles. The summed E-state index contributed by atoms with van der Waals surface area (Å²) in [6.45, 7) is 6.12. The fourth-order valence-corrected chi connectivity index (χ4v) is 4.07. The van der Waals surface area contributed by atoms with Gasteiger partial charge in [0.15, 0.2) is 11.5 Å². The molecule has 0 unspecified atom stereocenters. The second-order valence-electron chi connectivity index (χ2n) is 8.74. The summed E-state index contributed by atoms with van der Waals surface area (Å²) in [4.78, 5) is 14.5. The van der Waals surface area contributed by atoms with Gasteiger partial charge < -0.3 is 23.9 Å². The van der Waals surface area contributed by atoms with Crippen LogP contribution in [0.4, 0.5) is 4.79 Å². The van der Waals surface area contributed by atoms with Crippen LogP contribution in [-0.4, -0.2) is 45.1 Å². The summed E-state index contributed by atoms with van der Waals surface area (Å²) in [6.07, 6.45) is 1.89. The molecule has 0 aromatic heterocycles. The van der Waals surface area contributed by atoms with E-state index < -0.39 is 10.1 Å². The van der Waals surface area contributed by atoms with Crippen LogP contribution in [0.5, 0.6) is 17.2 Å². The maximum Gasteiger partial charge on any atom is 0.339 e. The highest BCUT2D eigenvalue weighted by molar-refractivity contribution is 7.87. The van der Waals surface area contributed by atoms with Gasteiger partial charge >= 0.3 is 16.1 Å². The summed E-state index contributed by atoms with van der Waals surface area (Å²) in [5.74, 6) is 0.882. The zero-order valence-electron chi connectivity index (χ0n) is 19.0. The molecular formula is C23H30N2O6S. The molecule has 2 amide bonds. The summed E-state index contributed by atoms with van der Waals surface area (Å²) in [5, 5.41) is 2.99. The van der Waals surface area contributed by atoms with Gasteiger partial charge in [0, 0.05) is 18.1 Å². The van der Waals surface area contributed by atoms with E-state index in [1.54, 1.807) is 35.2 Å². The number of nitrogens with one attached hydrogen (secondary N) is 1. The van der Waals surface area contributed by atoms with Gasteiger partial charge in [-0.05, 0) is 75.6 Å². The predicted molar refractivity (Wildman–Crippen MR) is 121 cm³/mol. The fraction of sp³-hybridized carbons (Fsp3) is 0.435. The van der Waals surface area contributed by atoms with Crippen molar-refractivity contribution < 1.29 is 26.9 Å². The molecule has 0 atom stereocenters. The van der Waals surface area contributed by atoms with Crippen LogP contribution in [0, 0.1) is 0 Å². The summed E-state index contributed by atoms with van der Waals surface area (Å²) in [6, 6.07) is 11.0. The molecule has 3 rings (SSSR count). The number of hydrogen-bond acceptors (Lipinski definition) is 6. The number of urea groups is 1. The second kappa shape index (κ2) is 9.28. The summed E-state index contributed by atoms with van der Waals surface area (Å²) in [5.41, 5.74) is 0.381. The van der Waals surface area contributed by atoms with Crippen LogP contribution in [0.3, 0.4) is 0 Å².